The number of carbonyl (C=O) groups is 2. The molecule has 2 amide bonds. The maximum Gasteiger partial charge on any atom is 0.261 e. The van der Waals surface area contributed by atoms with E-state index in [0.29, 0.717) is 17.9 Å². The number of nitrogens with zero attached hydrogens (tertiary/aromatic N) is 1. The third-order valence-corrected chi connectivity index (χ3v) is 7.08. The van der Waals surface area contributed by atoms with Crippen LogP contribution in [-0.4, -0.2) is 26.8 Å². The average molecular weight is 482 g/mol. The molecule has 34 heavy (non-hydrogen) atoms. The Balaban J connectivity index is 1.39. The Kier molecular flexibility index (Phi) is 6.65. The van der Waals surface area contributed by atoms with Gasteiger partial charge in [-0.25, -0.2) is 12.8 Å². The summed E-state index contributed by atoms with van der Waals surface area (Å²) >= 11 is 0. The van der Waals surface area contributed by atoms with Crippen LogP contribution in [0.2, 0.25) is 0 Å². The van der Waals surface area contributed by atoms with Crippen LogP contribution in [0.15, 0.2) is 77.7 Å². The van der Waals surface area contributed by atoms with E-state index in [1.807, 2.05) is 31.2 Å². The molecule has 0 unspecified atom stereocenters. The maximum absolute atomic E-state index is 13.1. The number of carbonyl (C=O) groups excluding carboxylic acids is 2. The first-order valence-corrected chi connectivity index (χ1v) is 12.3. The minimum absolute atomic E-state index is 0.0635. The van der Waals surface area contributed by atoms with Crippen molar-refractivity contribution >= 4 is 38.9 Å². The van der Waals surface area contributed by atoms with E-state index < -0.39 is 21.8 Å². The van der Waals surface area contributed by atoms with E-state index in [1.165, 1.54) is 24.3 Å². The van der Waals surface area contributed by atoms with Crippen LogP contribution in [0.5, 0.6) is 0 Å². The molecule has 0 radical (unpaired) electrons. The average Bonchev–Trinajstić information content (AvgIpc) is 3.22. The highest BCUT2D eigenvalue weighted by Gasteiger charge is 2.35. The molecule has 7 nitrogen and oxygen atoms in total. The number of benzene rings is 3. The van der Waals surface area contributed by atoms with Gasteiger partial charge >= 0.3 is 0 Å². The molecule has 1 fully saturated rings. The molecule has 3 aromatic carbocycles. The lowest BCUT2D eigenvalue weighted by molar-refractivity contribution is -0.122. The van der Waals surface area contributed by atoms with Crippen LogP contribution in [-0.2, 0) is 26.0 Å². The van der Waals surface area contributed by atoms with Gasteiger partial charge in [0.05, 0.1) is 10.8 Å². The van der Waals surface area contributed by atoms with Crippen molar-refractivity contribution in [3.05, 3.63) is 84.2 Å². The van der Waals surface area contributed by atoms with Gasteiger partial charge in [0.15, 0.2) is 0 Å². The molecule has 0 saturated carbocycles. The quantitative estimate of drug-likeness (QED) is 0.529. The molecular formula is C25H24FN3O4S. The van der Waals surface area contributed by atoms with Crippen LogP contribution >= 0.6 is 0 Å². The van der Waals surface area contributed by atoms with Crippen molar-refractivity contribution < 1.29 is 22.4 Å². The predicted octanol–water partition coefficient (Wildman–Crippen LogP) is 4.18. The first kappa shape index (κ1) is 23.4. The van der Waals surface area contributed by atoms with Gasteiger partial charge in [-0.3, -0.25) is 14.3 Å². The van der Waals surface area contributed by atoms with E-state index in [9.17, 15) is 22.4 Å². The number of para-hydroxylation sites is 1. The van der Waals surface area contributed by atoms with E-state index in [2.05, 4.69) is 10.0 Å². The zero-order valence-electron chi connectivity index (χ0n) is 18.5. The highest BCUT2D eigenvalue weighted by molar-refractivity contribution is 7.92. The van der Waals surface area contributed by atoms with Crippen molar-refractivity contribution in [1.82, 2.24) is 0 Å². The van der Waals surface area contributed by atoms with E-state index in [0.717, 1.165) is 29.8 Å². The van der Waals surface area contributed by atoms with Gasteiger partial charge in [0.1, 0.15) is 5.82 Å². The minimum Gasteiger partial charge on any atom is -0.326 e. The van der Waals surface area contributed by atoms with E-state index >= 15 is 0 Å². The van der Waals surface area contributed by atoms with Crippen molar-refractivity contribution in [3.63, 3.8) is 0 Å². The number of sulfonamides is 1. The predicted molar refractivity (Wildman–Crippen MR) is 129 cm³/mol. The Hall–Kier alpha value is -3.72. The fraction of sp³-hybridized carbons (Fsp3) is 0.200. The van der Waals surface area contributed by atoms with Crippen LogP contribution in [0.4, 0.5) is 21.5 Å². The molecule has 4 rings (SSSR count). The van der Waals surface area contributed by atoms with Gasteiger partial charge in [-0.15, -0.1) is 0 Å². The summed E-state index contributed by atoms with van der Waals surface area (Å²) in [5.74, 6) is -1.38. The van der Waals surface area contributed by atoms with E-state index in [1.54, 1.807) is 17.0 Å². The number of halogens is 1. The summed E-state index contributed by atoms with van der Waals surface area (Å²) in [5, 5.41) is 2.80. The van der Waals surface area contributed by atoms with E-state index in [4.69, 9.17) is 0 Å². The summed E-state index contributed by atoms with van der Waals surface area (Å²) < 4.78 is 40.3. The second-order valence-electron chi connectivity index (χ2n) is 8.01. The summed E-state index contributed by atoms with van der Waals surface area (Å²) in [6, 6.07) is 18.3. The highest BCUT2D eigenvalue weighted by atomic mass is 32.2. The summed E-state index contributed by atoms with van der Waals surface area (Å²) in [4.78, 5) is 27.0. The van der Waals surface area contributed by atoms with Crippen LogP contribution in [0, 0.1) is 11.7 Å². The Labute approximate surface area is 197 Å². The van der Waals surface area contributed by atoms with Gasteiger partial charge < -0.3 is 10.2 Å². The van der Waals surface area contributed by atoms with Crippen molar-refractivity contribution in [2.45, 2.75) is 24.7 Å². The first-order valence-electron chi connectivity index (χ1n) is 10.8. The van der Waals surface area contributed by atoms with Crippen LogP contribution < -0.4 is 14.9 Å². The highest BCUT2D eigenvalue weighted by Crippen LogP contribution is 2.29. The van der Waals surface area contributed by atoms with Gasteiger partial charge in [0.2, 0.25) is 11.8 Å². The topological polar surface area (TPSA) is 95.6 Å². The minimum atomic E-state index is -3.87. The van der Waals surface area contributed by atoms with Crippen LogP contribution in [0.25, 0.3) is 0 Å². The lowest BCUT2D eigenvalue weighted by Crippen LogP contribution is -2.28. The van der Waals surface area contributed by atoms with Gasteiger partial charge in [0, 0.05) is 30.0 Å². The molecule has 176 valence electrons. The molecule has 0 aromatic heterocycles. The Morgan fingerprint density at radius 3 is 2.32 bits per heavy atom. The fourth-order valence-electron chi connectivity index (χ4n) is 3.88. The number of hydrogen-bond acceptors (Lipinski definition) is 4. The lowest BCUT2D eigenvalue weighted by atomic mass is 10.1. The maximum atomic E-state index is 13.1. The van der Waals surface area contributed by atoms with Crippen molar-refractivity contribution in [2.24, 2.45) is 5.92 Å². The Morgan fingerprint density at radius 2 is 1.65 bits per heavy atom. The van der Waals surface area contributed by atoms with Crippen LogP contribution in [0.1, 0.15) is 18.9 Å². The fourth-order valence-corrected chi connectivity index (χ4v) is 4.94. The second kappa shape index (κ2) is 9.64. The summed E-state index contributed by atoms with van der Waals surface area (Å²) in [7, 11) is -3.87. The van der Waals surface area contributed by atoms with Gasteiger partial charge in [-0.2, -0.15) is 0 Å². The van der Waals surface area contributed by atoms with Gasteiger partial charge in [0.25, 0.3) is 10.0 Å². The Morgan fingerprint density at radius 1 is 1.00 bits per heavy atom. The molecule has 1 saturated heterocycles. The first-order chi connectivity index (χ1) is 16.3. The van der Waals surface area contributed by atoms with Crippen molar-refractivity contribution in [2.75, 3.05) is 21.5 Å². The number of nitrogens with one attached hydrogen (secondary N) is 2. The monoisotopic (exact) mass is 481 g/mol. The van der Waals surface area contributed by atoms with Gasteiger partial charge in [-0.05, 0) is 66.6 Å². The molecular weight excluding hydrogens is 457 g/mol. The normalized spacial score (nSPS) is 15.9. The largest absolute Gasteiger partial charge is 0.326 e. The molecule has 1 aliphatic heterocycles. The number of anilines is 3. The molecule has 3 aromatic rings. The summed E-state index contributed by atoms with van der Waals surface area (Å²) in [5.41, 5.74) is 2.66. The number of aryl methyl sites for hydroxylation is 1. The van der Waals surface area contributed by atoms with Crippen molar-refractivity contribution in [1.29, 1.82) is 0 Å². The van der Waals surface area contributed by atoms with E-state index in [-0.39, 0.29) is 23.1 Å². The standard InChI is InChI=1S/C25H24FN3O4S/c1-2-17-5-3-4-6-23(17)29-16-18(15-24(29)30)25(31)27-20-9-11-21(12-10-20)28-34(32,33)22-13-7-19(26)8-14-22/h3-14,18,28H,2,15-16H2,1H3,(H,27,31)/t18-/m1/s1. The molecule has 9 heteroatoms. The van der Waals surface area contributed by atoms with Gasteiger partial charge in [-0.1, -0.05) is 25.1 Å². The zero-order valence-corrected chi connectivity index (χ0v) is 19.3. The Bertz CT molecular complexity index is 1310. The van der Waals surface area contributed by atoms with Crippen LogP contribution in [0.3, 0.4) is 0 Å². The van der Waals surface area contributed by atoms with Crippen molar-refractivity contribution in [3.8, 4) is 0 Å². The molecule has 0 aliphatic carbocycles. The number of rotatable bonds is 7. The number of amides is 2. The smallest absolute Gasteiger partial charge is 0.261 e. The molecule has 1 aliphatic rings. The second-order valence-corrected chi connectivity index (χ2v) is 9.70. The molecule has 0 bridgehead atoms. The zero-order chi connectivity index (χ0) is 24.3. The molecule has 0 spiro atoms. The molecule has 2 N–H and O–H groups in total. The molecule has 1 atom stereocenters. The lowest BCUT2D eigenvalue weighted by Gasteiger charge is -2.20. The number of hydrogen-bond donors (Lipinski definition) is 2. The third-order valence-electron chi connectivity index (χ3n) is 5.69. The molecule has 1 heterocycles. The SMILES string of the molecule is CCc1ccccc1N1C[C@H](C(=O)Nc2ccc(NS(=O)(=O)c3ccc(F)cc3)cc2)CC1=O. The summed E-state index contributed by atoms with van der Waals surface area (Å²) in [6.45, 7) is 2.32. The third kappa shape index (κ3) is 5.09. The summed E-state index contributed by atoms with van der Waals surface area (Å²) in [6.07, 6.45) is 0.910.